The number of aromatic nitrogens is 4. The van der Waals surface area contributed by atoms with Crippen molar-refractivity contribution in [3.8, 4) is 22.5 Å². The third kappa shape index (κ3) is 2.98. The lowest BCUT2D eigenvalue weighted by molar-refractivity contribution is 0.581. The van der Waals surface area contributed by atoms with Crippen molar-refractivity contribution >= 4 is 9.84 Å². The van der Waals surface area contributed by atoms with E-state index in [0.717, 1.165) is 6.26 Å². The molecule has 0 spiro atoms. The highest BCUT2D eigenvalue weighted by Crippen LogP contribution is 2.28. The first-order valence-corrected chi connectivity index (χ1v) is 9.14. The average Bonchev–Trinajstić information content (AvgIpc) is 2.79. The lowest BCUT2D eigenvalue weighted by Gasteiger charge is -2.08. The van der Waals surface area contributed by atoms with Gasteiger partial charge < -0.3 is 0 Å². The van der Waals surface area contributed by atoms with Crippen LogP contribution >= 0.6 is 0 Å². The van der Waals surface area contributed by atoms with Crippen LogP contribution in [0.5, 0.6) is 0 Å². The van der Waals surface area contributed by atoms with E-state index in [1.165, 1.54) is 41.2 Å². The fourth-order valence-corrected chi connectivity index (χ4v) is 3.05. The average molecular weight is 362 g/mol. The summed E-state index contributed by atoms with van der Waals surface area (Å²) in [6.07, 6.45) is 2.33. The van der Waals surface area contributed by atoms with E-state index in [2.05, 4.69) is 9.97 Å². The Kier molecular flexibility index (Phi) is 4.03. The lowest BCUT2D eigenvalue weighted by Crippen LogP contribution is -2.17. The third-order valence-corrected chi connectivity index (χ3v) is 4.72. The van der Waals surface area contributed by atoms with Crippen molar-refractivity contribution in [3.63, 3.8) is 0 Å². The Morgan fingerprint density at radius 2 is 1.68 bits per heavy atom. The Morgan fingerprint density at radius 3 is 2.28 bits per heavy atom. The van der Waals surface area contributed by atoms with Crippen molar-refractivity contribution < 1.29 is 12.8 Å². The molecule has 0 unspecified atom stereocenters. The van der Waals surface area contributed by atoms with Gasteiger partial charge in [0.1, 0.15) is 5.82 Å². The quantitative estimate of drug-likeness (QED) is 0.657. The van der Waals surface area contributed by atoms with E-state index >= 15 is 0 Å². The van der Waals surface area contributed by atoms with Crippen molar-refractivity contribution in [1.29, 1.82) is 0 Å². The largest absolute Gasteiger partial charge is 0.283 e. The highest BCUT2D eigenvalue weighted by Gasteiger charge is 2.22. The van der Waals surface area contributed by atoms with Crippen LogP contribution in [0.15, 0.2) is 46.5 Å². The third-order valence-electron chi connectivity index (χ3n) is 3.86. The molecule has 0 fully saturated rings. The van der Waals surface area contributed by atoms with E-state index in [9.17, 15) is 17.6 Å². The number of rotatable bonds is 3. The van der Waals surface area contributed by atoms with Crippen LogP contribution in [-0.4, -0.2) is 34.0 Å². The number of benzene rings is 1. The summed E-state index contributed by atoms with van der Waals surface area (Å²) < 4.78 is 39.6. The van der Waals surface area contributed by atoms with Gasteiger partial charge in [0.15, 0.2) is 0 Å². The first-order valence-electron chi connectivity index (χ1n) is 7.25. The van der Waals surface area contributed by atoms with Gasteiger partial charge >= 0.3 is 0 Å². The molecule has 0 aliphatic rings. The van der Waals surface area contributed by atoms with Crippen LogP contribution in [0.2, 0.25) is 0 Å². The first-order chi connectivity index (χ1) is 11.7. The molecule has 0 aliphatic carbocycles. The molecule has 2 heterocycles. The number of halogens is 1. The summed E-state index contributed by atoms with van der Waals surface area (Å²) >= 11 is 0. The van der Waals surface area contributed by atoms with E-state index in [1.807, 2.05) is 0 Å². The van der Waals surface area contributed by atoms with Gasteiger partial charge in [-0.3, -0.25) is 14.2 Å². The first kappa shape index (κ1) is 17.0. The predicted octanol–water partition coefficient (Wildman–Crippen LogP) is 1.39. The Bertz CT molecular complexity index is 1120. The topological polar surface area (TPSA) is 86.8 Å². The minimum atomic E-state index is -3.60. The summed E-state index contributed by atoms with van der Waals surface area (Å²) in [6, 6.07) is 7.03. The van der Waals surface area contributed by atoms with E-state index in [-0.39, 0.29) is 16.4 Å². The Morgan fingerprint density at radius 1 is 1.04 bits per heavy atom. The van der Waals surface area contributed by atoms with E-state index < -0.39 is 15.7 Å². The van der Waals surface area contributed by atoms with Gasteiger partial charge in [-0.15, -0.1) is 0 Å². The predicted molar refractivity (Wildman–Crippen MR) is 90.2 cm³/mol. The minimum absolute atomic E-state index is 0.287. The molecule has 0 saturated carbocycles. The second kappa shape index (κ2) is 5.92. The van der Waals surface area contributed by atoms with Gasteiger partial charge in [-0.2, -0.15) is 0 Å². The molecule has 0 amide bonds. The zero-order valence-electron chi connectivity index (χ0n) is 13.8. The highest BCUT2D eigenvalue weighted by atomic mass is 32.2. The second-order valence-corrected chi connectivity index (χ2v) is 7.49. The Balaban J connectivity index is 2.33. The SMILES string of the molecule is Cn1c(-c2ccnc(S(C)(=O)=O)n2)c(-c2ccc(F)cc2)c(=O)n1C. The smallest absolute Gasteiger partial charge is 0.274 e. The maximum Gasteiger partial charge on any atom is 0.274 e. The zero-order valence-corrected chi connectivity index (χ0v) is 14.6. The molecule has 0 atom stereocenters. The molecule has 0 N–H and O–H groups in total. The number of nitrogens with zero attached hydrogens (tertiary/aromatic N) is 4. The standard InChI is InChI=1S/C16H15FN4O3S/c1-20-14(12-8-9-18-16(19-12)25(3,23)24)13(15(22)21(20)2)10-4-6-11(17)7-5-10/h4-9H,1-3H3. The molecule has 0 radical (unpaired) electrons. The van der Waals surface area contributed by atoms with E-state index in [0.29, 0.717) is 16.8 Å². The van der Waals surface area contributed by atoms with Gasteiger partial charge in [0, 0.05) is 26.5 Å². The highest BCUT2D eigenvalue weighted by molar-refractivity contribution is 7.90. The van der Waals surface area contributed by atoms with Crippen molar-refractivity contribution in [3.05, 3.63) is 52.7 Å². The molecule has 3 aromatic rings. The van der Waals surface area contributed by atoms with Crippen molar-refractivity contribution in [2.45, 2.75) is 5.16 Å². The van der Waals surface area contributed by atoms with Gasteiger partial charge in [-0.1, -0.05) is 12.1 Å². The molecule has 0 saturated heterocycles. The fraction of sp³-hybridized carbons (Fsp3) is 0.188. The maximum atomic E-state index is 13.2. The molecule has 7 nitrogen and oxygen atoms in total. The van der Waals surface area contributed by atoms with Crippen LogP contribution in [0.3, 0.4) is 0 Å². The van der Waals surface area contributed by atoms with Crippen molar-refractivity contribution in [1.82, 2.24) is 19.3 Å². The summed E-state index contributed by atoms with van der Waals surface area (Å²) in [7, 11) is -0.359. The van der Waals surface area contributed by atoms with Gasteiger partial charge in [0.05, 0.1) is 17.0 Å². The molecule has 0 bridgehead atoms. The van der Waals surface area contributed by atoms with Crippen LogP contribution < -0.4 is 5.56 Å². The monoisotopic (exact) mass is 362 g/mol. The normalized spacial score (nSPS) is 11.7. The summed E-state index contributed by atoms with van der Waals surface area (Å²) in [5, 5.41) is -0.327. The van der Waals surface area contributed by atoms with Crippen LogP contribution in [0.1, 0.15) is 0 Å². The Hall–Kier alpha value is -2.81. The minimum Gasteiger partial charge on any atom is -0.283 e. The summed E-state index contributed by atoms with van der Waals surface area (Å²) in [4.78, 5) is 20.5. The molecule has 9 heteroatoms. The fourth-order valence-electron chi connectivity index (χ4n) is 2.53. The van der Waals surface area contributed by atoms with Gasteiger partial charge in [-0.05, 0) is 23.8 Å². The Labute approximate surface area is 143 Å². The van der Waals surface area contributed by atoms with Crippen LogP contribution in [0.4, 0.5) is 4.39 Å². The second-order valence-electron chi connectivity index (χ2n) is 5.58. The van der Waals surface area contributed by atoms with Crippen LogP contribution in [0.25, 0.3) is 22.5 Å². The van der Waals surface area contributed by atoms with Gasteiger partial charge in [0.25, 0.3) is 5.56 Å². The van der Waals surface area contributed by atoms with Crippen LogP contribution in [0, 0.1) is 5.82 Å². The number of sulfone groups is 1. The summed E-state index contributed by atoms with van der Waals surface area (Å²) in [5.41, 5.74) is 1.23. The lowest BCUT2D eigenvalue weighted by atomic mass is 10.0. The van der Waals surface area contributed by atoms with Gasteiger partial charge in [0.2, 0.25) is 15.0 Å². The van der Waals surface area contributed by atoms with E-state index in [1.54, 1.807) is 18.8 Å². The van der Waals surface area contributed by atoms with Crippen molar-refractivity contribution in [2.24, 2.45) is 14.1 Å². The molecule has 130 valence electrons. The molecule has 0 aliphatic heterocycles. The molecule has 25 heavy (non-hydrogen) atoms. The molecular formula is C16H15FN4O3S. The van der Waals surface area contributed by atoms with Crippen LogP contribution in [-0.2, 0) is 23.9 Å². The molecule has 1 aromatic carbocycles. The summed E-state index contributed by atoms with van der Waals surface area (Å²) in [6.45, 7) is 0. The summed E-state index contributed by atoms with van der Waals surface area (Å²) in [5.74, 6) is -0.417. The molecular weight excluding hydrogens is 347 g/mol. The maximum absolute atomic E-state index is 13.2. The van der Waals surface area contributed by atoms with Gasteiger partial charge in [-0.25, -0.2) is 22.8 Å². The van der Waals surface area contributed by atoms with Crippen molar-refractivity contribution in [2.75, 3.05) is 6.26 Å². The molecule has 3 rings (SSSR count). The number of hydrogen-bond acceptors (Lipinski definition) is 5. The van der Waals surface area contributed by atoms with E-state index in [4.69, 9.17) is 0 Å². The number of hydrogen-bond donors (Lipinski definition) is 0. The molecule has 2 aromatic heterocycles. The zero-order chi connectivity index (χ0) is 18.4.